The second-order valence-corrected chi connectivity index (χ2v) is 7.90. The average molecular weight is 454 g/mol. The minimum atomic E-state index is -1.03. The van der Waals surface area contributed by atoms with Gasteiger partial charge in [0.05, 0.1) is 17.7 Å². The van der Waals surface area contributed by atoms with Crippen LogP contribution in [-0.2, 0) is 22.6 Å². The summed E-state index contributed by atoms with van der Waals surface area (Å²) in [5.74, 6) is -0.876. The van der Waals surface area contributed by atoms with Crippen LogP contribution in [0.25, 0.3) is 0 Å². The fourth-order valence-electron chi connectivity index (χ4n) is 2.97. The molecule has 0 saturated heterocycles. The molecule has 0 spiro atoms. The molecule has 2 amide bonds. The van der Waals surface area contributed by atoms with E-state index in [1.807, 2.05) is 38.1 Å². The molecule has 0 fully saturated rings. The molecule has 3 aromatic rings. The van der Waals surface area contributed by atoms with Crippen LogP contribution in [0.2, 0.25) is 0 Å². The minimum absolute atomic E-state index is 0.0669. The summed E-state index contributed by atoms with van der Waals surface area (Å²) in [6, 6.07) is 13.5. The van der Waals surface area contributed by atoms with Crippen LogP contribution in [-0.4, -0.2) is 43.4 Å². The first-order valence-corrected chi connectivity index (χ1v) is 10.9. The van der Waals surface area contributed by atoms with Crippen molar-refractivity contribution in [3.63, 3.8) is 0 Å². The summed E-state index contributed by atoms with van der Waals surface area (Å²) in [6.07, 6.45) is 0.0669. The normalized spacial score (nSPS) is 10.6. The Labute approximate surface area is 189 Å². The lowest BCUT2D eigenvalue weighted by molar-refractivity contribution is -0.116. The molecule has 9 nitrogen and oxygen atoms in total. The molecule has 0 unspecified atom stereocenters. The zero-order valence-electron chi connectivity index (χ0n) is 17.7. The Morgan fingerprint density at radius 3 is 2.38 bits per heavy atom. The number of carbonyl (C=O) groups is 3. The number of carboxylic acids is 1. The minimum Gasteiger partial charge on any atom is -0.478 e. The lowest BCUT2D eigenvalue weighted by atomic mass is 10.2. The van der Waals surface area contributed by atoms with E-state index in [0.29, 0.717) is 23.2 Å². The van der Waals surface area contributed by atoms with Crippen LogP contribution >= 0.6 is 11.8 Å². The first kappa shape index (κ1) is 23.0. The third kappa shape index (κ3) is 6.17. The fourth-order valence-corrected chi connectivity index (χ4v) is 3.79. The molecule has 3 N–H and O–H groups in total. The van der Waals surface area contributed by atoms with E-state index in [9.17, 15) is 14.4 Å². The number of hydrogen-bond donors (Lipinski definition) is 3. The van der Waals surface area contributed by atoms with Gasteiger partial charge in [-0.25, -0.2) is 4.79 Å². The smallest absolute Gasteiger partial charge is 0.335 e. The van der Waals surface area contributed by atoms with Crippen LogP contribution in [0.15, 0.2) is 53.7 Å². The Bertz CT molecular complexity index is 1130. The number of anilines is 2. The molecule has 166 valence electrons. The summed E-state index contributed by atoms with van der Waals surface area (Å²) < 4.78 is 1.80. The van der Waals surface area contributed by atoms with E-state index in [1.165, 1.54) is 36.0 Å². The lowest BCUT2D eigenvalue weighted by Gasteiger charge is -2.09. The van der Waals surface area contributed by atoms with Gasteiger partial charge in [-0.1, -0.05) is 23.9 Å². The fraction of sp³-hybridized carbons (Fsp3) is 0.227. The lowest BCUT2D eigenvalue weighted by Crippen LogP contribution is -2.18. The number of carbonyl (C=O) groups excluding carboxylic acids is 2. The Morgan fingerprint density at radius 2 is 1.72 bits per heavy atom. The van der Waals surface area contributed by atoms with Gasteiger partial charge in [0, 0.05) is 17.9 Å². The van der Waals surface area contributed by atoms with Gasteiger partial charge in [0.2, 0.25) is 11.8 Å². The number of aromatic nitrogens is 3. The number of nitrogens with one attached hydrogen (secondary N) is 2. The molecule has 0 atom stereocenters. The van der Waals surface area contributed by atoms with E-state index in [2.05, 4.69) is 20.8 Å². The number of benzene rings is 2. The summed E-state index contributed by atoms with van der Waals surface area (Å²) in [5, 5.41) is 23.3. The van der Waals surface area contributed by atoms with Gasteiger partial charge in [0.25, 0.3) is 0 Å². The monoisotopic (exact) mass is 453 g/mol. The van der Waals surface area contributed by atoms with Crippen LogP contribution in [0, 0.1) is 6.92 Å². The largest absolute Gasteiger partial charge is 0.478 e. The van der Waals surface area contributed by atoms with Crippen LogP contribution in [0.1, 0.15) is 28.7 Å². The first-order chi connectivity index (χ1) is 15.4. The van der Waals surface area contributed by atoms with Crippen molar-refractivity contribution < 1.29 is 19.5 Å². The molecular formula is C22H23N5O4S. The number of carboxylic acid groups (broad SMARTS) is 1. The van der Waals surface area contributed by atoms with Gasteiger partial charge in [-0.15, -0.1) is 10.2 Å². The maximum absolute atomic E-state index is 12.4. The summed E-state index contributed by atoms with van der Waals surface area (Å²) in [5.41, 5.74) is 2.42. The van der Waals surface area contributed by atoms with Gasteiger partial charge in [0.15, 0.2) is 5.16 Å². The Hall–Kier alpha value is -3.66. The highest BCUT2D eigenvalue weighted by atomic mass is 32.2. The maximum atomic E-state index is 12.4. The van der Waals surface area contributed by atoms with Gasteiger partial charge in [-0.2, -0.15) is 0 Å². The zero-order chi connectivity index (χ0) is 23.1. The molecular weight excluding hydrogens is 430 g/mol. The second kappa shape index (κ2) is 10.6. The Balaban J connectivity index is 1.56. The molecule has 32 heavy (non-hydrogen) atoms. The van der Waals surface area contributed by atoms with Crippen molar-refractivity contribution in [2.45, 2.75) is 32.0 Å². The third-order valence-corrected chi connectivity index (χ3v) is 5.44. The van der Waals surface area contributed by atoms with Crippen molar-refractivity contribution in [3.05, 3.63) is 65.5 Å². The van der Waals surface area contributed by atoms with E-state index < -0.39 is 5.97 Å². The van der Waals surface area contributed by atoms with Crippen molar-refractivity contribution in [1.29, 1.82) is 0 Å². The Morgan fingerprint density at radius 1 is 1.00 bits per heavy atom. The predicted molar refractivity (Wildman–Crippen MR) is 122 cm³/mol. The van der Waals surface area contributed by atoms with E-state index >= 15 is 0 Å². The van der Waals surface area contributed by atoms with Crippen LogP contribution in [0.3, 0.4) is 0 Å². The number of hydrogen-bond acceptors (Lipinski definition) is 6. The van der Waals surface area contributed by atoms with E-state index in [0.717, 1.165) is 11.3 Å². The zero-order valence-corrected chi connectivity index (χ0v) is 18.5. The molecule has 0 radical (unpaired) electrons. The van der Waals surface area contributed by atoms with Crippen molar-refractivity contribution in [1.82, 2.24) is 14.8 Å². The number of nitrogens with zero attached hydrogens (tertiary/aromatic N) is 3. The van der Waals surface area contributed by atoms with Gasteiger partial charge >= 0.3 is 5.97 Å². The van der Waals surface area contributed by atoms with Crippen LogP contribution < -0.4 is 10.6 Å². The topological polar surface area (TPSA) is 126 Å². The number of thioether (sulfide) groups is 1. The van der Waals surface area contributed by atoms with Gasteiger partial charge in [0.1, 0.15) is 5.82 Å². The summed E-state index contributed by atoms with van der Waals surface area (Å²) in [4.78, 5) is 35.6. The molecule has 0 aliphatic heterocycles. The van der Waals surface area contributed by atoms with Crippen LogP contribution in [0.5, 0.6) is 0 Å². The van der Waals surface area contributed by atoms with E-state index in [-0.39, 0.29) is 29.6 Å². The molecule has 1 heterocycles. The first-order valence-electron chi connectivity index (χ1n) is 9.90. The molecule has 0 aliphatic carbocycles. The summed E-state index contributed by atoms with van der Waals surface area (Å²) >= 11 is 1.21. The SMILES string of the molecule is CCn1c(CC(=O)Nc2cccc(C)c2)nnc1SCC(=O)Nc1ccc(C(=O)O)cc1. The summed E-state index contributed by atoms with van der Waals surface area (Å²) in [7, 11) is 0. The van der Waals surface area contributed by atoms with Gasteiger partial charge in [-0.3, -0.25) is 9.59 Å². The van der Waals surface area contributed by atoms with E-state index in [4.69, 9.17) is 5.11 Å². The number of rotatable bonds is 9. The predicted octanol–water partition coefficient (Wildman–Crippen LogP) is 3.22. The molecule has 2 aromatic carbocycles. The van der Waals surface area contributed by atoms with E-state index in [1.54, 1.807) is 4.57 Å². The highest BCUT2D eigenvalue weighted by Crippen LogP contribution is 2.19. The molecule has 3 rings (SSSR count). The standard InChI is InChI=1S/C22H23N5O4S/c1-3-27-18(12-19(28)24-17-6-4-5-14(2)11-17)25-26-22(27)32-13-20(29)23-16-9-7-15(8-10-16)21(30)31/h4-11H,3,12-13H2,1-2H3,(H,23,29)(H,24,28)(H,30,31). The average Bonchev–Trinajstić information content (AvgIpc) is 3.13. The number of aryl methyl sites for hydroxylation is 1. The second-order valence-electron chi connectivity index (χ2n) is 6.96. The molecule has 10 heteroatoms. The number of aromatic carboxylic acids is 1. The number of amides is 2. The van der Waals surface area contributed by atoms with Crippen molar-refractivity contribution in [3.8, 4) is 0 Å². The van der Waals surface area contributed by atoms with Gasteiger partial charge in [-0.05, 0) is 55.8 Å². The maximum Gasteiger partial charge on any atom is 0.335 e. The highest BCUT2D eigenvalue weighted by Gasteiger charge is 2.16. The highest BCUT2D eigenvalue weighted by molar-refractivity contribution is 7.99. The molecule has 0 aliphatic rings. The molecule has 0 saturated carbocycles. The van der Waals surface area contributed by atoms with Crippen molar-refractivity contribution in [2.24, 2.45) is 0 Å². The molecule has 0 bridgehead atoms. The van der Waals surface area contributed by atoms with Gasteiger partial charge < -0.3 is 20.3 Å². The Kier molecular flexibility index (Phi) is 7.61. The van der Waals surface area contributed by atoms with Crippen LogP contribution in [0.4, 0.5) is 11.4 Å². The summed E-state index contributed by atoms with van der Waals surface area (Å²) in [6.45, 7) is 4.42. The quantitative estimate of drug-likeness (QED) is 0.425. The van der Waals surface area contributed by atoms with Crippen molar-refractivity contribution >= 4 is 40.9 Å². The third-order valence-electron chi connectivity index (χ3n) is 4.48. The molecule has 1 aromatic heterocycles. The van der Waals surface area contributed by atoms with Crippen molar-refractivity contribution in [2.75, 3.05) is 16.4 Å².